The van der Waals surface area contributed by atoms with Crippen molar-refractivity contribution in [1.82, 2.24) is 0 Å². The maximum atomic E-state index is 10.1. The fourth-order valence-electron chi connectivity index (χ4n) is 2.20. The summed E-state index contributed by atoms with van der Waals surface area (Å²) < 4.78 is 0. The van der Waals surface area contributed by atoms with Crippen molar-refractivity contribution < 1.29 is 5.11 Å². The van der Waals surface area contributed by atoms with E-state index in [0.29, 0.717) is 0 Å². The summed E-state index contributed by atoms with van der Waals surface area (Å²) in [6.07, 6.45) is 0.308. The molecule has 0 aromatic heterocycles. The average molecular weight is 255 g/mol. The van der Waals surface area contributed by atoms with Crippen LogP contribution in [0.2, 0.25) is 0 Å². The standard InChI is InChI=1S/C17H21NO/c1-4-17(19)15-7-5-6-8-16(15)18(3)14-11-9-13(2)10-12-14/h5-12,17,19H,4H2,1-3H3/t17-/m0/s1. The summed E-state index contributed by atoms with van der Waals surface area (Å²) in [5.41, 5.74) is 4.41. The first kappa shape index (κ1) is 13.6. The number of para-hydroxylation sites is 1. The van der Waals surface area contributed by atoms with Crippen LogP contribution in [0.5, 0.6) is 0 Å². The molecule has 0 aliphatic rings. The summed E-state index contributed by atoms with van der Waals surface area (Å²) in [5, 5.41) is 10.1. The number of aryl methyl sites for hydroxylation is 1. The summed E-state index contributed by atoms with van der Waals surface area (Å²) in [5.74, 6) is 0. The molecule has 0 radical (unpaired) electrons. The second kappa shape index (κ2) is 5.89. The summed E-state index contributed by atoms with van der Waals surface area (Å²) in [6, 6.07) is 16.4. The van der Waals surface area contributed by atoms with E-state index in [1.165, 1.54) is 5.56 Å². The number of anilines is 2. The van der Waals surface area contributed by atoms with Crippen molar-refractivity contribution in [3.05, 3.63) is 59.7 Å². The van der Waals surface area contributed by atoms with Crippen molar-refractivity contribution in [1.29, 1.82) is 0 Å². The maximum absolute atomic E-state index is 10.1. The molecule has 100 valence electrons. The molecule has 19 heavy (non-hydrogen) atoms. The molecule has 0 fully saturated rings. The molecule has 0 unspecified atom stereocenters. The number of hydrogen-bond acceptors (Lipinski definition) is 2. The Hall–Kier alpha value is -1.80. The van der Waals surface area contributed by atoms with Crippen LogP contribution < -0.4 is 4.90 Å². The van der Waals surface area contributed by atoms with Gasteiger partial charge in [0.05, 0.1) is 6.10 Å². The molecule has 2 heteroatoms. The van der Waals surface area contributed by atoms with E-state index >= 15 is 0 Å². The predicted molar refractivity (Wildman–Crippen MR) is 80.9 cm³/mol. The lowest BCUT2D eigenvalue weighted by atomic mass is 10.0. The zero-order valence-corrected chi connectivity index (χ0v) is 11.8. The second-order valence-electron chi connectivity index (χ2n) is 4.88. The van der Waals surface area contributed by atoms with Gasteiger partial charge in [-0.2, -0.15) is 0 Å². The van der Waals surface area contributed by atoms with Gasteiger partial charge >= 0.3 is 0 Å². The third-order valence-electron chi connectivity index (χ3n) is 3.47. The van der Waals surface area contributed by atoms with Crippen LogP contribution in [-0.4, -0.2) is 12.2 Å². The third kappa shape index (κ3) is 2.96. The molecule has 0 spiro atoms. The fourth-order valence-corrected chi connectivity index (χ4v) is 2.20. The first-order valence-corrected chi connectivity index (χ1v) is 6.71. The molecule has 1 atom stereocenters. The van der Waals surface area contributed by atoms with Crippen molar-refractivity contribution in [3.63, 3.8) is 0 Å². The Bertz CT molecular complexity index is 533. The molecule has 2 aromatic rings. The first-order chi connectivity index (χ1) is 9.13. The van der Waals surface area contributed by atoms with Gasteiger partial charge in [-0.15, -0.1) is 0 Å². The van der Waals surface area contributed by atoms with Gasteiger partial charge in [0, 0.05) is 24.0 Å². The minimum absolute atomic E-state index is 0.413. The van der Waals surface area contributed by atoms with Crippen LogP contribution in [0, 0.1) is 6.92 Å². The number of aliphatic hydroxyl groups excluding tert-OH is 1. The minimum atomic E-state index is -0.413. The summed E-state index contributed by atoms with van der Waals surface area (Å²) >= 11 is 0. The van der Waals surface area contributed by atoms with Gasteiger partial charge in [-0.1, -0.05) is 42.8 Å². The summed E-state index contributed by atoms with van der Waals surface area (Å²) in [6.45, 7) is 4.08. The summed E-state index contributed by atoms with van der Waals surface area (Å²) in [7, 11) is 2.03. The maximum Gasteiger partial charge on any atom is 0.0807 e. The van der Waals surface area contributed by atoms with Crippen LogP contribution in [0.25, 0.3) is 0 Å². The van der Waals surface area contributed by atoms with Gasteiger partial charge in [-0.3, -0.25) is 0 Å². The van der Waals surface area contributed by atoms with Crippen molar-refractivity contribution in [3.8, 4) is 0 Å². The highest BCUT2D eigenvalue weighted by Gasteiger charge is 2.13. The molecule has 0 bridgehead atoms. The highest BCUT2D eigenvalue weighted by atomic mass is 16.3. The molecule has 0 aliphatic heterocycles. The van der Waals surface area contributed by atoms with Crippen LogP contribution in [0.4, 0.5) is 11.4 Å². The average Bonchev–Trinajstić information content (AvgIpc) is 2.46. The molecule has 1 N–H and O–H groups in total. The highest BCUT2D eigenvalue weighted by Crippen LogP contribution is 2.31. The van der Waals surface area contributed by atoms with Crippen LogP contribution in [0.15, 0.2) is 48.5 Å². The molecule has 0 amide bonds. The van der Waals surface area contributed by atoms with Gasteiger partial charge in [-0.25, -0.2) is 0 Å². The number of hydrogen-bond donors (Lipinski definition) is 1. The van der Waals surface area contributed by atoms with Crippen molar-refractivity contribution in [2.75, 3.05) is 11.9 Å². The smallest absolute Gasteiger partial charge is 0.0807 e. The number of rotatable bonds is 4. The Morgan fingerprint density at radius 3 is 2.32 bits per heavy atom. The molecule has 2 nitrogen and oxygen atoms in total. The summed E-state index contributed by atoms with van der Waals surface area (Å²) in [4.78, 5) is 2.12. The lowest BCUT2D eigenvalue weighted by Crippen LogP contribution is -2.13. The van der Waals surface area contributed by atoms with Gasteiger partial charge < -0.3 is 10.0 Å². The van der Waals surface area contributed by atoms with E-state index in [0.717, 1.165) is 23.4 Å². The van der Waals surface area contributed by atoms with E-state index in [1.54, 1.807) is 0 Å². The normalized spacial score (nSPS) is 12.2. The largest absolute Gasteiger partial charge is 0.388 e. The Balaban J connectivity index is 2.38. The Labute approximate surface area is 115 Å². The van der Waals surface area contributed by atoms with Gasteiger partial charge in [0.25, 0.3) is 0 Å². The van der Waals surface area contributed by atoms with Crippen molar-refractivity contribution in [2.24, 2.45) is 0 Å². The lowest BCUT2D eigenvalue weighted by molar-refractivity contribution is 0.174. The highest BCUT2D eigenvalue weighted by molar-refractivity contribution is 5.66. The topological polar surface area (TPSA) is 23.5 Å². The Morgan fingerprint density at radius 2 is 1.68 bits per heavy atom. The Morgan fingerprint density at radius 1 is 1.05 bits per heavy atom. The molecule has 0 heterocycles. The zero-order chi connectivity index (χ0) is 13.8. The van der Waals surface area contributed by atoms with E-state index < -0.39 is 6.10 Å². The molecular weight excluding hydrogens is 234 g/mol. The number of benzene rings is 2. The minimum Gasteiger partial charge on any atom is -0.388 e. The number of aliphatic hydroxyl groups is 1. The molecule has 2 aromatic carbocycles. The fraction of sp³-hybridized carbons (Fsp3) is 0.294. The van der Waals surface area contributed by atoms with Gasteiger partial charge in [0.1, 0.15) is 0 Å². The van der Waals surface area contributed by atoms with Gasteiger partial charge in [-0.05, 0) is 31.5 Å². The second-order valence-corrected chi connectivity index (χ2v) is 4.88. The quantitative estimate of drug-likeness (QED) is 0.884. The first-order valence-electron chi connectivity index (χ1n) is 6.71. The van der Waals surface area contributed by atoms with Crippen LogP contribution in [0.3, 0.4) is 0 Å². The molecular formula is C17H21NO. The third-order valence-corrected chi connectivity index (χ3v) is 3.47. The lowest BCUT2D eigenvalue weighted by Gasteiger charge is -2.24. The van der Waals surface area contributed by atoms with Crippen molar-refractivity contribution >= 4 is 11.4 Å². The van der Waals surface area contributed by atoms with Gasteiger partial charge in [0.2, 0.25) is 0 Å². The Kier molecular flexibility index (Phi) is 4.23. The number of nitrogens with zero attached hydrogens (tertiary/aromatic N) is 1. The molecule has 0 saturated heterocycles. The van der Waals surface area contributed by atoms with Gasteiger partial charge in [0.15, 0.2) is 0 Å². The van der Waals surface area contributed by atoms with E-state index in [-0.39, 0.29) is 0 Å². The van der Waals surface area contributed by atoms with Crippen LogP contribution in [0.1, 0.15) is 30.6 Å². The molecule has 2 rings (SSSR count). The molecule has 0 saturated carbocycles. The SMILES string of the molecule is CC[C@H](O)c1ccccc1N(C)c1ccc(C)cc1. The van der Waals surface area contributed by atoms with E-state index in [1.807, 2.05) is 38.2 Å². The van der Waals surface area contributed by atoms with Crippen molar-refractivity contribution in [2.45, 2.75) is 26.4 Å². The predicted octanol–water partition coefficient (Wildman–Crippen LogP) is 4.21. The van der Waals surface area contributed by atoms with Crippen LogP contribution >= 0.6 is 0 Å². The zero-order valence-electron chi connectivity index (χ0n) is 11.8. The van der Waals surface area contributed by atoms with E-state index in [2.05, 4.69) is 36.1 Å². The van der Waals surface area contributed by atoms with E-state index in [4.69, 9.17) is 0 Å². The molecule has 0 aliphatic carbocycles. The monoisotopic (exact) mass is 255 g/mol. The van der Waals surface area contributed by atoms with Crippen LogP contribution in [-0.2, 0) is 0 Å². The van der Waals surface area contributed by atoms with E-state index in [9.17, 15) is 5.11 Å².